The summed E-state index contributed by atoms with van der Waals surface area (Å²) in [6, 6.07) is 9.01. The van der Waals surface area contributed by atoms with Crippen LogP contribution >= 0.6 is 15.9 Å². The summed E-state index contributed by atoms with van der Waals surface area (Å²) in [5, 5.41) is 8.88. The fourth-order valence-electron chi connectivity index (χ4n) is 1.76. The van der Waals surface area contributed by atoms with Gasteiger partial charge in [0.05, 0.1) is 16.2 Å². The molecule has 0 unspecified atom stereocenters. The van der Waals surface area contributed by atoms with Gasteiger partial charge in [0.25, 0.3) is 0 Å². The van der Waals surface area contributed by atoms with Crippen LogP contribution in [0.15, 0.2) is 51.8 Å². The maximum Gasteiger partial charge on any atom is 0.335 e. The molecule has 4 nitrogen and oxygen atoms in total. The van der Waals surface area contributed by atoms with Crippen molar-refractivity contribution in [2.45, 2.75) is 10.6 Å². The lowest BCUT2D eigenvalue weighted by atomic mass is 10.2. The maximum absolute atomic E-state index is 13.6. The zero-order valence-electron chi connectivity index (χ0n) is 10.6. The molecule has 2 aromatic carbocycles. The first kappa shape index (κ1) is 15.7. The molecule has 0 atom stereocenters. The first-order chi connectivity index (χ1) is 9.79. The number of halogens is 2. The third-order valence-corrected chi connectivity index (χ3v) is 4.95. The summed E-state index contributed by atoms with van der Waals surface area (Å²) in [6.45, 7) is 0. The van der Waals surface area contributed by atoms with E-state index in [1.807, 2.05) is 0 Å². The molecule has 0 bridgehead atoms. The molecule has 0 radical (unpaired) electrons. The largest absolute Gasteiger partial charge is 0.478 e. The van der Waals surface area contributed by atoms with E-state index in [9.17, 15) is 17.6 Å². The van der Waals surface area contributed by atoms with Crippen LogP contribution in [0.5, 0.6) is 0 Å². The molecule has 7 heteroatoms. The third-order valence-electron chi connectivity index (χ3n) is 2.79. The van der Waals surface area contributed by atoms with E-state index < -0.39 is 27.4 Å². The average Bonchev–Trinajstić information content (AvgIpc) is 2.43. The normalized spacial score (nSPS) is 11.3. The predicted molar refractivity (Wildman–Crippen MR) is 78.4 cm³/mol. The van der Waals surface area contributed by atoms with Gasteiger partial charge in [-0.3, -0.25) is 0 Å². The van der Waals surface area contributed by atoms with Gasteiger partial charge in [0.2, 0.25) is 0 Å². The fourth-order valence-corrected chi connectivity index (χ4v) is 3.56. The monoisotopic (exact) mass is 372 g/mol. The Hall–Kier alpha value is -1.73. The van der Waals surface area contributed by atoms with Crippen LogP contribution in [0.2, 0.25) is 0 Å². The molecule has 0 aliphatic heterocycles. The molecule has 1 N–H and O–H groups in total. The van der Waals surface area contributed by atoms with Crippen LogP contribution in [-0.4, -0.2) is 19.5 Å². The number of hydrogen-bond acceptors (Lipinski definition) is 3. The molecule has 21 heavy (non-hydrogen) atoms. The number of carboxylic acid groups (broad SMARTS) is 1. The van der Waals surface area contributed by atoms with Gasteiger partial charge in [-0.15, -0.1) is 0 Å². The van der Waals surface area contributed by atoms with E-state index in [4.69, 9.17) is 5.11 Å². The molecule has 2 rings (SSSR count). The van der Waals surface area contributed by atoms with E-state index >= 15 is 0 Å². The minimum Gasteiger partial charge on any atom is -0.478 e. The molecule has 0 aliphatic rings. The van der Waals surface area contributed by atoms with E-state index in [0.29, 0.717) is 4.47 Å². The van der Waals surface area contributed by atoms with Gasteiger partial charge >= 0.3 is 5.97 Å². The van der Waals surface area contributed by atoms with Crippen LogP contribution in [0.4, 0.5) is 4.39 Å². The van der Waals surface area contributed by atoms with Crippen molar-refractivity contribution >= 4 is 31.7 Å². The summed E-state index contributed by atoms with van der Waals surface area (Å²) in [7, 11) is -3.83. The van der Waals surface area contributed by atoms with Gasteiger partial charge in [0.15, 0.2) is 9.84 Å². The second-order valence-corrected chi connectivity index (χ2v) is 7.23. The minimum atomic E-state index is -3.83. The Morgan fingerprint density at radius 3 is 2.57 bits per heavy atom. The molecule has 0 saturated heterocycles. The summed E-state index contributed by atoms with van der Waals surface area (Å²) in [5.74, 6) is -2.39. The van der Waals surface area contributed by atoms with Crippen molar-refractivity contribution in [3.8, 4) is 0 Å². The number of hydrogen-bond donors (Lipinski definition) is 1. The van der Waals surface area contributed by atoms with Gasteiger partial charge < -0.3 is 5.11 Å². The number of carbonyl (C=O) groups is 1. The zero-order chi connectivity index (χ0) is 15.6. The number of carboxylic acids is 1. The van der Waals surface area contributed by atoms with Crippen LogP contribution in [0.25, 0.3) is 0 Å². The second-order valence-electron chi connectivity index (χ2n) is 4.33. The molecular weight excluding hydrogens is 363 g/mol. The van der Waals surface area contributed by atoms with E-state index in [2.05, 4.69) is 15.9 Å². The first-order valence-corrected chi connectivity index (χ1v) is 8.24. The smallest absolute Gasteiger partial charge is 0.335 e. The summed E-state index contributed by atoms with van der Waals surface area (Å²) in [6.07, 6.45) is 0. The number of aromatic carboxylic acids is 1. The Morgan fingerprint density at radius 2 is 1.90 bits per heavy atom. The highest BCUT2D eigenvalue weighted by molar-refractivity contribution is 9.10. The molecule has 0 aliphatic carbocycles. The van der Waals surface area contributed by atoms with E-state index in [-0.39, 0.29) is 16.0 Å². The fraction of sp³-hybridized carbons (Fsp3) is 0.0714. The lowest BCUT2D eigenvalue weighted by Crippen LogP contribution is -2.08. The first-order valence-electron chi connectivity index (χ1n) is 5.79. The number of rotatable bonds is 4. The Labute approximate surface area is 129 Å². The van der Waals surface area contributed by atoms with Gasteiger partial charge in [-0.1, -0.05) is 22.0 Å². The van der Waals surface area contributed by atoms with Crippen LogP contribution < -0.4 is 0 Å². The molecule has 0 heterocycles. The average molecular weight is 373 g/mol. The summed E-state index contributed by atoms with van der Waals surface area (Å²) >= 11 is 3.15. The number of benzene rings is 2. The van der Waals surface area contributed by atoms with Crippen molar-refractivity contribution in [2.75, 3.05) is 0 Å². The highest BCUT2D eigenvalue weighted by Gasteiger charge is 2.19. The Balaban J connectivity index is 2.41. The molecule has 0 spiro atoms. The quantitative estimate of drug-likeness (QED) is 0.893. The number of sulfone groups is 1. The van der Waals surface area contributed by atoms with Crippen molar-refractivity contribution in [1.29, 1.82) is 0 Å². The highest BCUT2D eigenvalue weighted by atomic mass is 79.9. The van der Waals surface area contributed by atoms with Crippen LogP contribution in [-0.2, 0) is 15.6 Å². The second kappa shape index (κ2) is 5.95. The summed E-state index contributed by atoms with van der Waals surface area (Å²) in [4.78, 5) is 10.7. The lowest BCUT2D eigenvalue weighted by Gasteiger charge is -2.07. The zero-order valence-corrected chi connectivity index (χ0v) is 13.0. The van der Waals surface area contributed by atoms with Gasteiger partial charge in [-0.05, 0) is 36.4 Å². The lowest BCUT2D eigenvalue weighted by molar-refractivity contribution is 0.0696. The molecular formula is C14H10BrFO4S. The molecule has 2 aromatic rings. The maximum atomic E-state index is 13.6. The van der Waals surface area contributed by atoms with Crippen LogP contribution in [0.3, 0.4) is 0 Å². The molecule has 0 saturated carbocycles. The van der Waals surface area contributed by atoms with E-state index in [1.165, 1.54) is 36.4 Å². The minimum absolute atomic E-state index is 0.0186. The summed E-state index contributed by atoms with van der Waals surface area (Å²) < 4.78 is 38.7. The van der Waals surface area contributed by atoms with Crippen molar-refractivity contribution in [1.82, 2.24) is 0 Å². The Morgan fingerprint density at radius 1 is 1.19 bits per heavy atom. The van der Waals surface area contributed by atoms with Crippen molar-refractivity contribution in [3.63, 3.8) is 0 Å². The molecule has 0 amide bonds. The standard InChI is InChI=1S/C14H10BrFO4S/c15-11-4-5-13(16)10(6-11)8-21(19,20)12-3-1-2-9(7-12)14(17)18/h1-7H,8H2,(H,17,18). The van der Waals surface area contributed by atoms with Gasteiger partial charge in [0, 0.05) is 10.0 Å². The van der Waals surface area contributed by atoms with Crippen LogP contribution in [0, 0.1) is 5.82 Å². The van der Waals surface area contributed by atoms with Gasteiger partial charge in [-0.25, -0.2) is 17.6 Å². The van der Waals surface area contributed by atoms with Crippen molar-refractivity contribution in [3.05, 3.63) is 63.9 Å². The SMILES string of the molecule is O=C(O)c1cccc(S(=O)(=O)Cc2cc(Br)ccc2F)c1. The Kier molecular flexibility index (Phi) is 4.43. The molecule has 0 aromatic heterocycles. The van der Waals surface area contributed by atoms with Crippen molar-refractivity contribution < 1.29 is 22.7 Å². The topological polar surface area (TPSA) is 71.4 Å². The van der Waals surface area contributed by atoms with E-state index in [1.54, 1.807) is 0 Å². The highest BCUT2D eigenvalue weighted by Crippen LogP contribution is 2.22. The van der Waals surface area contributed by atoms with E-state index in [0.717, 1.165) is 6.07 Å². The molecule has 0 fully saturated rings. The van der Waals surface area contributed by atoms with Crippen LogP contribution in [0.1, 0.15) is 15.9 Å². The Bertz CT molecular complexity index is 802. The predicted octanol–water partition coefficient (Wildman–Crippen LogP) is 3.26. The van der Waals surface area contributed by atoms with Gasteiger partial charge in [0.1, 0.15) is 5.82 Å². The summed E-state index contributed by atoms with van der Waals surface area (Å²) in [5.41, 5.74) is -0.115. The van der Waals surface area contributed by atoms with Crippen molar-refractivity contribution in [2.24, 2.45) is 0 Å². The third kappa shape index (κ3) is 3.68. The molecule has 110 valence electrons. The van der Waals surface area contributed by atoms with Gasteiger partial charge in [-0.2, -0.15) is 0 Å².